The Labute approximate surface area is 135 Å². The molecule has 0 bridgehead atoms. The highest BCUT2D eigenvalue weighted by molar-refractivity contribution is 6.30. The Morgan fingerprint density at radius 1 is 1.00 bits per heavy atom. The molecule has 0 aliphatic rings. The summed E-state index contributed by atoms with van der Waals surface area (Å²) in [6, 6.07) is 16.0. The van der Waals surface area contributed by atoms with Crippen LogP contribution in [0.4, 0.5) is 11.4 Å². The second-order valence-corrected chi connectivity index (χ2v) is 5.35. The highest BCUT2D eigenvalue weighted by Crippen LogP contribution is 2.28. The number of pyridine rings is 1. The van der Waals surface area contributed by atoms with Crippen LogP contribution in [0.5, 0.6) is 0 Å². The van der Waals surface area contributed by atoms with Gasteiger partial charge in [-0.05, 0) is 43.7 Å². The summed E-state index contributed by atoms with van der Waals surface area (Å²) in [5.41, 5.74) is 5.25. The minimum atomic E-state index is 0. The fourth-order valence-corrected chi connectivity index (χ4v) is 2.54. The molecule has 108 valence electrons. The highest BCUT2D eigenvalue weighted by Gasteiger charge is 2.06. The Morgan fingerprint density at radius 3 is 2.52 bits per heavy atom. The van der Waals surface area contributed by atoms with Crippen LogP contribution < -0.4 is 5.32 Å². The summed E-state index contributed by atoms with van der Waals surface area (Å²) in [6.45, 7) is 4.09. The molecule has 3 aromatic rings. The summed E-state index contributed by atoms with van der Waals surface area (Å²) in [5.74, 6) is 0. The summed E-state index contributed by atoms with van der Waals surface area (Å²) in [7, 11) is 0. The van der Waals surface area contributed by atoms with E-state index >= 15 is 0 Å². The van der Waals surface area contributed by atoms with E-state index in [1.165, 1.54) is 5.56 Å². The van der Waals surface area contributed by atoms with Crippen molar-refractivity contribution in [3.63, 3.8) is 0 Å². The number of anilines is 2. The molecular formula is C17H16Cl2N2. The van der Waals surface area contributed by atoms with Crippen LogP contribution in [-0.4, -0.2) is 4.98 Å². The number of nitrogens with zero attached hydrogens (tertiary/aromatic N) is 1. The van der Waals surface area contributed by atoms with E-state index in [1.807, 2.05) is 31.2 Å². The normalized spacial score (nSPS) is 10.2. The van der Waals surface area contributed by atoms with Crippen molar-refractivity contribution in [3.8, 4) is 0 Å². The van der Waals surface area contributed by atoms with E-state index in [2.05, 4.69) is 41.5 Å². The van der Waals surface area contributed by atoms with Crippen LogP contribution in [0.25, 0.3) is 10.9 Å². The molecule has 0 spiro atoms. The van der Waals surface area contributed by atoms with Crippen LogP contribution in [0, 0.1) is 13.8 Å². The zero-order valence-electron chi connectivity index (χ0n) is 11.9. The number of nitrogens with one attached hydrogen (secondary N) is 1. The van der Waals surface area contributed by atoms with Crippen molar-refractivity contribution in [3.05, 3.63) is 64.8 Å². The number of halogens is 2. The van der Waals surface area contributed by atoms with Crippen LogP contribution >= 0.6 is 24.0 Å². The number of para-hydroxylation sites is 1. The molecule has 0 aliphatic carbocycles. The first-order valence-electron chi connectivity index (χ1n) is 6.53. The molecule has 1 heterocycles. The van der Waals surface area contributed by atoms with Crippen molar-refractivity contribution in [2.24, 2.45) is 0 Å². The third-order valence-corrected chi connectivity index (χ3v) is 3.51. The number of aromatic nitrogens is 1. The molecule has 0 atom stereocenters. The number of hydrogen-bond acceptors (Lipinski definition) is 2. The summed E-state index contributed by atoms with van der Waals surface area (Å²) < 4.78 is 0. The van der Waals surface area contributed by atoms with Gasteiger partial charge in [0.2, 0.25) is 0 Å². The summed E-state index contributed by atoms with van der Waals surface area (Å²) in [4.78, 5) is 4.63. The average molecular weight is 319 g/mol. The van der Waals surface area contributed by atoms with Gasteiger partial charge >= 0.3 is 0 Å². The molecule has 0 fully saturated rings. The molecule has 0 saturated carbocycles. The highest BCUT2D eigenvalue weighted by atomic mass is 35.5. The largest absolute Gasteiger partial charge is 0.355 e. The van der Waals surface area contributed by atoms with E-state index in [4.69, 9.17) is 11.6 Å². The van der Waals surface area contributed by atoms with Gasteiger partial charge in [0.05, 0.1) is 5.52 Å². The molecular weight excluding hydrogens is 303 g/mol. The van der Waals surface area contributed by atoms with Crippen molar-refractivity contribution in [1.29, 1.82) is 0 Å². The van der Waals surface area contributed by atoms with Gasteiger partial charge in [-0.1, -0.05) is 35.9 Å². The van der Waals surface area contributed by atoms with Crippen molar-refractivity contribution in [2.45, 2.75) is 13.8 Å². The van der Waals surface area contributed by atoms with E-state index in [1.54, 1.807) is 0 Å². The Kier molecular flexibility index (Phi) is 4.71. The minimum Gasteiger partial charge on any atom is -0.355 e. The maximum atomic E-state index is 6.03. The Hall–Kier alpha value is -1.77. The molecule has 0 saturated heterocycles. The van der Waals surface area contributed by atoms with Gasteiger partial charge in [0, 0.05) is 27.5 Å². The summed E-state index contributed by atoms with van der Waals surface area (Å²) in [5, 5.41) is 5.28. The first-order valence-corrected chi connectivity index (χ1v) is 6.91. The van der Waals surface area contributed by atoms with Gasteiger partial charge in [-0.2, -0.15) is 0 Å². The fourth-order valence-electron chi connectivity index (χ4n) is 2.35. The van der Waals surface area contributed by atoms with Crippen LogP contribution in [0.15, 0.2) is 48.5 Å². The summed E-state index contributed by atoms with van der Waals surface area (Å²) in [6.07, 6.45) is 0. The second-order valence-electron chi connectivity index (χ2n) is 4.92. The lowest BCUT2D eigenvalue weighted by atomic mass is 10.1. The molecule has 2 nitrogen and oxygen atoms in total. The lowest BCUT2D eigenvalue weighted by molar-refractivity contribution is 1.24. The molecule has 0 aliphatic heterocycles. The Morgan fingerprint density at radius 2 is 1.76 bits per heavy atom. The van der Waals surface area contributed by atoms with Crippen LogP contribution in [0.3, 0.4) is 0 Å². The van der Waals surface area contributed by atoms with E-state index in [0.29, 0.717) is 0 Å². The number of benzene rings is 2. The second kappa shape index (κ2) is 6.33. The van der Waals surface area contributed by atoms with Crippen molar-refractivity contribution in [1.82, 2.24) is 4.98 Å². The third kappa shape index (κ3) is 3.29. The van der Waals surface area contributed by atoms with E-state index < -0.39 is 0 Å². The number of fused-ring (bicyclic) bond motifs is 1. The predicted molar refractivity (Wildman–Crippen MR) is 93.2 cm³/mol. The van der Waals surface area contributed by atoms with Crippen LogP contribution in [0.1, 0.15) is 11.3 Å². The maximum Gasteiger partial charge on any atom is 0.0755 e. The standard InChI is InChI=1S/C17H15ClN2.ClH/c1-11-5-3-8-15-16(9-12(2)19-17(11)15)20-14-7-4-6-13(18)10-14;/h3-10H,1-2H3,(H,19,20);1H. The van der Waals surface area contributed by atoms with Gasteiger partial charge in [0.25, 0.3) is 0 Å². The number of aryl methyl sites for hydroxylation is 2. The molecule has 2 aromatic carbocycles. The molecule has 4 heteroatoms. The molecule has 0 unspecified atom stereocenters. The average Bonchev–Trinajstić information content (AvgIpc) is 2.40. The monoisotopic (exact) mass is 318 g/mol. The molecule has 1 N–H and O–H groups in total. The van der Waals surface area contributed by atoms with Crippen LogP contribution in [0.2, 0.25) is 5.02 Å². The molecule has 1 aromatic heterocycles. The van der Waals surface area contributed by atoms with Crippen molar-refractivity contribution >= 4 is 46.3 Å². The fraction of sp³-hybridized carbons (Fsp3) is 0.118. The van der Waals surface area contributed by atoms with Gasteiger partial charge < -0.3 is 5.32 Å². The molecule has 21 heavy (non-hydrogen) atoms. The molecule has 0 radical (unpaired) electrons. The van der Waals surface area contributed by atoms with Gasteiger partial charge in [-0.15, -0.1) is 12.4 Å². The quantitative estimate of drug-likeness (QED) is 0.658. The van der Waals surface area contributed by atoms with Crippen molar-refractivity contribution in [2.75, 3.05) is 5.32 Å². The smallest absolute Gasteiger partial charge is 0.0755 e. The lowest BCUT2D eigenvalue weighted by Crippen LogP contribution is -1.95. The number of rotatable bonds is 2. The number of hydrogen-bond donors (Lipinski definition) is 1. The zero-order chi connectivity index (χ0) is 14.1. The Balaban J connectivity index is 0.00000161. The van der Waals surface area contributed by atoms with Crippen LogP contribution in [-0.2, 0) is 0 Å². The van der Waals surface area contributed by atoms with Crippen molar-refractivity contribution < 1.29 is 0 Å². The zero-order valence-corrected chi connectivity index (χ0v) is 13.4. The summed E-state index contributed by atoms with van der Waals surface area (Å²) >= 11 is 6.03. The minimum absolute atomic E-state index is 0. The first-order chi connectivity index (χ1) is 9.63. The third-order valence-electron chi connectivity index (χ3n) is 3.27. The van der Waals surface area contributed by atoms with Gasteiger partial charge in [0.15, 0.2) is 0 Å². The topological polar surface area (TPSA) is 24.9 Å². The molecule has 3 rings (SSSR count). The van der Waals surface area contributed by atoms with Gasteiger partial charge in [-0.25, -0.2) is 0 Å². The lowest BCUT2D eigenvalue weighted by Gasteiger charge is -2.12. The van der Waals surface area contributed by atoms with E-state index in [0.717, 1.165) is 33.0 Å². The maximum absolute atomic E-state index is 6.03. The van der Waals surface area contributed by atoms with E-state index in [9.17, 15) is 0 Å². The Bertz CT molecular complexity index is 785. The molecule has 0 amide bonds. The SMILES string of the molecule is Cc1cc(Nc2cccc(Cl)c2)c2cccc(C)c2n1.Cl. The van der Waals surface area contributed by atoms with E-state index in [-0.39, 0.29) is 12.4 Å². The van der Waals surface area contributed by atoms with Gasteiger partial charge in [-0.3, -0.25) is 4.98 Å². The first kappa shape index (κ1) is 15.6. The predicted octanol–water partition coefficient (Wildman–Crippen LogP) is 5.67. The van der Waals surface area contributed by atoms with Gasteiger partial charge in [0.1, 0.15) is 0 Å².